The van der Waals surface area contributed by atoms with Gasteiger partial charge in [-0.1, -0.05) is 11.6 Å². The maximum atomic E-state index is 10.8. The molecule has 0 radical (unpaired) electrons. The molecule has 0 aliphatic heterocycles. The van der Waals surface area contributed by atoms with Crippen LogP contribution in [0.25, 0.3) is 0 Å². The molecule has 4 nitrogen and oxygen atoms in total. The summed E-state index contributed by atoms with van der Waals surface area (Å²) < 4.78 is 0. The molecule has 11 heavy (non-hydrogen) atoms. The summed E-state index contributed by atoms with van der Waals surface area (Å²) in [4.78, 5) is 22.0. The number of rotatable bonds is 2. The van der Waals surface area contributed by atoms with Gasteiger partial charge in [0.25, 0.3) is 5.91 Å². The van der Waals surface area contributed by atoms with Gasteiger partial charge >= 0.3 is 5.97 Å². The Hall–Kier alpha value is -1.03. The van der Waals surface area contributed by atoms with Gasteiger partial charge in [-0.15, -0.1) is 0 Å². The molecular weight excluding hydrogens is 170 g/mol. The molecule has 0 heterocycles. The molecule has 5 heteroatoms. The van der Waals surface area contributed by atoms with E-state index in [0.717, 1.165) is 0 Å². The quantitative estimate of drug-likeness (QED) is 0.617. The van der Waals surface area contributed by atoms with Crippen LogP contribution in [0.1, 0.15) is 0 Å². The van der Waals surface area contributed by atoms with Crippen molar-refractivity contribution in [3.05, 3.63) is 11.1 Å². The second kappa shape index (κ2) is 3.98. The van der Waals surface area contributed by atoms with Gasteiger partial charge in [0.15, 0.2) is 0 Å². The van der Waals surface area contributed by atoms with Crippen LogP contribution in [0.15, 0.2) is 11.1 Å². The second-order valence-corrected chi connectivity index (χ2v) is 2.44. The minimum atomic E-state index is -1.23. The van der Waals surface area contributed by atoms with E-state index in [2.05, 4.69) is 0 Å². The first-order valence-corrected chi connectivity index (χ1v) is 3.14. The molecule has 1 amide bonds. The predicted octanol–water partition coefficient (Wildman–Crippen LogP) is 0.282. The van der Waals surface area contributed by atoms with E-state index in [1.54, 1.807) is 0 Å². The number of nitrogens with zero attached hydrogens (tertiary/aromatic N) is 1. The highest BCUT2D eigenvalue weighted by Crippen LogP contribution is 2.03. The Morgan fingerprint density at radius 3 is 2.18 bits per heavy atom. The van der Waals surface area contributed by atoms with Crippen molar-refractivity contribution in [2.24, 2.45) is 0 Å². The number of aliphatic carboxylic acids is 1. The molecule has 0 saturated heterocycles. The molecule has 0 aliphatic carbocycles. The number of hydrogen-bond donors (Lipinski definition) is 1. The fraction of sp³-hybridized carbons (Fsp3) is 0.333. The van der Waals surface area contributed by atoms with Crippen LogP contribution in [-0.4, -0.2) is 36.0 Å². The van der Waals surface area contributed by atoms with Gasteiger partial charge in [0, 0.05) is 20.2 Å². The summed E-state index contributed by atoms with van der Waals surface area (Å²) in [5.74, 6) is -1.75. The number of carbonyl (C=O) groups is 2. The first-order chi connectivity index (χ1) is 4.95. The molecule has 0 fully saturated rings. The van der Waals surface area contributed by atoms with Crippen LogP contribution >= 0.6 is 11.6 Å². The molecule has 0 aromatic rings. The van der Waals surface area contributed by atoms with Crippen molar-refractivity contribution in [3.8, 4) is 0 Å². The topological polar surface area (TPSA) is 57.6 Å². The summed E-state index contributed by atoms with van der Waals surface area (Å²) in [7, 11) is 2.97. The Labute approximate surface area is 69.1 Å². The molecule has 0 unspecified atom stereocenters. The van der Waals surface area contributed by atoms with E-state index in [4.69, 9.17) is 16.7 Å². The highest BCUT2D eigenvalue weighted by atomic mass is 35.5. The van der Waals surface area contributed by atoms with E-state index < -0.39 is 11.9 Å². The van der Waals surface area contributed by atoms with Crippen molar-refractivity contribution in [3.63, 3.8) is 0 Å². The van der Waals surface area contributed by atoms with Gasteiger partial charge in [0.2, 0.25) is 0 Å². The van der Waals surface area contributed by atoms with Crippen LogP contribution in [0.3, 0.4) is 0 Å². The van der Waals surface area contributed by atoms with E-state index in [9.17, 15) is 9.59 Å². The summed E-state index contributed by atoms with van der Waals surface area (Å²) in [6, 6.07) is 0. The zero-order valence-corrected chi connectivity index (χ0v) is 6.92. The first-order valence-electron chi connectivity index (χ1n) is 2.77. The third-order valence-electron chi connectivity index (χ3n) is 0.861. The summed E-state index contributed by atoms with van der Waals surface area (Å²) in [5.41, 5.74) is 0. The fourth-order valence-electron chi connectivity index (χ4n) is 0.384. The number of hydrogen-bond acceptors (Lipinski definition) is 2. The summed E-state index contributed by atoms with van der Waals surface area (Å²) in [6.07, 6.45) is 0.657. The van der Waals surface area contributed by atoms with Gasteiger partial charge in [-0.05, 0) is 0 Å². The first kappa shape index (κ1) is 9.97. The monoisotopic (exact) mass is 177 g/mol. The van der Waals surface area contributed by atoms with Crippen molar-refractivity contribution in [2.75, 3.05) is 14.1 Å². The lowest BCUT2D eigenvalue weighted by molar-refractivity contribution is -0.132. The molecule has 0 aromatic carbocycles. The number of carboxylic acids is 1. The van der Waals surface area contributed by atoms with Crippen molar-refractivity contribution in [1.29, 1.82) is 0 Å². The van der Waals surface area contributed by atoms with E-state index in [1.165, 1.54) is 19.0 Å². The standard InChI is InChI=1S/C6H8ClNO3/c1-8(2)6(11)4(7)3-5(9)10/h3H,1-2H3,(H,9,10)/b4-3-. The van der Waals surface area contributed by atoms with E-state index in [1.807, 2.05) is 0 Å². The van der Waals surface area contributed by atoms with Gasteiger partial charge in [-0.2, -0.15) is 0 Å². The van der Waals surface area contributed by atoms with Crippen molar-refractivity contribution in [2.45, 2.75) is 0 Å². The van der Waals surface area contributed by atoms with E-state index in [0.29, 0.717) is 6.08 Å². The number of carbonyl (C=O) groups excluding carboxylic acids is 1. The van der Waals surface area contributed by atoms with Gasteiger partial charge in [-0.25, -0.2) is 4.79 Å². The SMILES string of the molecule is CN(C)C(=O)/C(Cl)=C/C(=O)O. The van der Waals surface area contributed by atoms with Crippen LogP contribution in [0.4, 0.5) is 0 Å². The molecule has 0 aromatic heterocycles. The summed E-state index contributed by atoms with van der Waals surface area (Å²) in [5, 5.41) is 7.88. The van der Waals surface area contributed by atoms with E-state index >= 15 is 0 Å². The highest BCUT2D eigenvalue weighted by Gasteiger charge is 2.09. The molecular formula is C6H8ClNO3. The highest BCUT2D eigenvalue weighted by molar-refractivity contribution is 6.43. The minimum absolute atomic E-state index is 0.303. The molecule has 1 N–H and O–H groups in total. The average Bonchev–Trinajstić information content (AvgIpc) is 1.84. The number of carboxylic acid groups (broad SMARTS) is 1. The minimum Gasteiger partial charge on any atom is -0.478 e. The molecule has 0 aliphatic rings. The lowest BCUT2D eigenvalue weighted by Crippen LogP contribution is -2.21. The van der Waals surface area contributed by atoms with Crippen LogP contribution in [0.5, 0.6) is 0 Å². The predicted molar refractivity (Wildman–Crippen MR) is 40.3 cm³/mol. The fourth-order valence-corrected chi connectivity index (χ4v) is 0.646. The maximum Gasteiger partial charge on any atom is 0.330 e. The third kappa shape index (κ3) is 3.62. The largest absolute Gasteiger partial charge is 0.478 e. The Morgan fingerprint density at radius 2 is 1.91 bits per heavy atom. The smallest absolute Gasteiger partial charge is 0.330 e. The molecule has 0 rings (SSSR count). The Morgan fingerprint density at radius 1 is 1.45 bits per heavy atom. The average molecular weight is 178 g/mol. The second-order valence-electron chi connectivity index (χ2n) is 2.03. The Balaban J connectivity index is 4.36. The number of halogens is 1. The lowest BCUT2D eigenvalue weighted by Gasteiger charge is -2.07. The van der Waals surface area contributed by atoms with Crippen molar-refractivity contribution in [1.82, 2.24) is 4.90 Å². The zero-order valence-electron chi connectivity index (χ0n) is 6.17. The lowest BCUT2D eigenvalue weighted by atomic mass is 10.4. The van der Waals surface area contributed by atoms with Crippen LogP contribution in [0.2, 0.25) is 0 Å². The van der Waals surface area contributed by atoms with Gasteiger partial charge in [0.1, 0.15) is 5.03 Å². The molecule has 0 saturated carbocycles. The maximum absolute atomic E-state index is 10.8. The number of likely N-dealkylation sites (N-methyl/N-ethyl adjacent to an activating group) is 1. The Kier molecular flexibility index (Phi) is 3.60. The van der Waals surface area contributed by atoms with Crippen molar-refractivity contribution < 1.29 is 14.7 Å². The normalized spacial score (nSPS) is 11.0. The summed E-state index contributed by atoms with van der Waals surface area (Å²) in [6.45, 7) is 0. The summed E-state index contributed by atoms with van der Waals surface area (Å²) >= 11 is 5.31. The van der Waals surface area contributed by atoms with Crippen molar-refractivity contribution >= 4 is 23.5 Å². The van der Waals surface area contributed by atoms with Crippen LogP contribution in [-0.2, 0) is 9.59 Å². The zero-order chi connectivity index (χ0) is 9.02. The van der Waals surface area contributed by atoms with Gasteiger partial charge < -0.3 is 10.0 Å². The molecule has 62 valence electrons. The third-order valence-corrected chi connectivity index (χ3v) is 1.13. The van der Waals surface area contributed by atoms with Crippen LogP contribution < -0.4 is 0 Å². The molecule has 0 atom stereocenters. The Bertz CT molecular complexity index is 210. The van der Waals surface area contributed by atoms with Gasteiger partial charge in [0.05, 0.1) is 0 Å². The number of amides is 1. The van der Waals surface area contributed by atoms with Crippen LogP contribution in [0, 0.1) is 0 Å². The molecule has 0 bridgehead atoms. The van der Waals surface area contributed by atoms with E-state index in [-0.39, 0.29) is 5.03 Å². The molecule has 0 spiro atoms. The van der Waals surface area contributed by atoms with Gasteiger partial charge in [-0.3, -0.25) is 4.79 Å².